The van der Waals surface area contributed by atoms with Crippen LogP contribution in [0.3, 0.4) is 0 Å². The molecule has 1 heterocycles. The van der Waals surface area contributed by atoms with E-state index >= 15 is 0 Å². The molecule has 226 valence electrons. The number of carbonyl (C=O) groups excluding carboxylic acids is 1. The van der Waals surface area contributed by atoms with Crippen molar-refractivity contribution in [2.45, 2.75) is 45.6 Å². The number of halogens is 1. The largest absolute Gasteiger partial charge is 0.460 e. The van der Waals surface area contributed by atoms with Crippen LogP contribution in [0, 0.1) is 11.7 Å². The number of benzene rings is 3. The molecule has 1 aromatic heterocycles. The van der Waals surface area contributed by atoms with E-state index in [2.05, 4.69) is 6.58 Å². The SMILES string of the molecule is C=C(COCc1ccccc1)CN(c1cc2oc(Cc3ccc(F)cc3)c(C(N)=O)c2cc1C1CC1)S(=O)(=O)CC(C)C. The smallest absolute Gasteiger partial charge is 0.252 e. The van der Waals surface area contributed by atoms with E-state index in [9.17, 15) is 17.6 Å². The number of nitrogens with zero attached hydrogens (tertiary/aromatic N) is 1. The summed E-state index contributed by atoms with van der Waals surface area (Å²) in [4.78, 5) is 12.7. The van der Waals surface area contributed by atoms with Crippen molar-refractivity contribution in [1.82, 2.24) is 0 Å². The van der Waals surface area contributed by atoms with Crippen LogP contribution in [0.5, 0.6) is 0 Å². The van der Waals surface area contributed by atoms with Gasteiger partial charge in [0.1, 0.15) is 17.2 Å². The van der Waals surface area contributed by atoms with Gasteiger partial charge in [0.15, 0.2) is 0 Å². The predicted octanol–water partition coefficient (Wildman–Crippen LogP) is 6.70. The average Bonchev–Trinajstić information content (AvgIpc) is 3.73. The molecule has 43 heavy (non-hydrogen) atoms. The Kier molecular flexibility index (Phi) is 9.03. The fourth-order valence-corrected chi connectivity index (χ4v) is 7.16. The Morgan fingerprint density at radius 1 is 1.09 bits per heavy atom. The number of amides is 1. The average molecular weight is 605 g/mol. The summed E-state index contributed by atoms with van der Waals surface area (Å²) in [6.07, 6.45) is 2.04. The highest BCUT2D eigenvalue weighted by Crippen LogP contribution is 2.47. The molecule has 2 N–H and O–H groups in total. The van der Waals surface area contributed by atoms with Crippen LogP contribution in [0.25, 0.3) is 11.0 Å². The van der Waals surface area contributed by atoms with E-state index in [-0.39, 0.29) is 48.5 Å². The molecule has 9 heteroatoms. The summed E-state index contributed by atoms with van der Waals surface area (Å²) in [5, 5.41) is 0.543. The second kappa shape index (κ2) is 12.7. The number of primary amides is 1. The van der Waals surface area contributed by atoms with Gasteiger partial charge in [-0.3, -0.25) is 9.10 Å². The number of furan rings is 1. The van der Waals surface area contributed by atoms with Crippen molar-refractivity contribution in [2.24, 2.45) is 11.7 Å². The number of ether oxygens (including phenoxy) is 1. The van der Waals surface area contributed by atoms with Gasteiger partial charge in [-0.05, 0) is 65.1 Å². The van der Waals surface area contributed by atoms with Crippen LogP contribution in [0.4, 0.5) is 10.1 Å². The number of nitrogens with two attached hydrogens (primary N) is 1. The molecule has 0 atom stereocenters. The Morgan fingerprint density at radius 3 is 2.42 bits per heavy atom. The molecule has 1 fully saturated rings. The minimum atomic E-state index is -3.77. The van der Waals surface area contributed by atoms with Gasteiger partial charge in [-0.1, -0.05) is 62.9 Å². The quantitative estimate of drug-likeness (QED) is 0.161. The number of hydrogen-bond donors (Lipinski definition) is 1. The maximum atomic E-state index is 13.9. The molecular formula is C34H37FN2O5S. The number of hydrogen-bond acceptors (Lipinski definition) is 5. The minimum Gasteiger partial charge on any atom is -0.460 e. The van der Waals surface area contributed by atoms with Crippen LogP contribution in [0.15, 0.2) is 83.3 Å². The van der Waals surface area contributed by atoms with Gasteiger partial charge in [-0.25, -0.2) is 12.8 Å². The first-order valence-corrected chi connectivity index (χ1v) is 16.0. The summed E-state index contributed by atoms with van der Waals surface area (Å²) < 4.78 is 54.7. The highest BCUT2D eigenvalue weighted by molar-refractivity contribution is 7.92. The van der Waals surface area contributed by atoms with Crippen molar-refractivity contribution in [1.29, 1.82) is 0 Å². The zero-order chi connectivity index (χ0) is 30.7. The fraction of sp³-hybridized carbons (Fsp3) is 0.324. The maximum absolute atomic E-state index is 13.9. The van der Waals surface area contributed by atoms with E-state index < -0.39 is 15.9 Å². The molecule has 5 rings (SSSR count). The van der Waals surface area contributed by atoms with Crippen LogP contribution in [-0.4, -0.2) is 33.2 Å². The summed E-state index contributed by atoms with van der Waals surface area (Å²) in [7, 11) is -3.77. The third-order valence-electron chi connectivity index (χ3n) is 7.39. The topological polar surface area (TPSA) is 103 Å². The Bertz CT molecular complexity index is 1730. The Labute approximate surface area is 252 Å². The van der Waals surface area contributed by atoms with Crippen molar-refractivity contribution in [2.75, 3.05) is 23.2 Å². The summed E-state index contributed by atoms with van der Waals surface area (Å²) in [6.45, 7) is 8.50. The molecule has 0 saturated heterocycles. The van der Waals surface area contributed by atoms with Crippen LogP contribution >= 0.6 is 0 Å². The first-order valence-electron chi connectivity index (χ1n) is 14.4. The molecule has 0 unspecified atom stereocenters. The molecule has 1 saturated carbocycles. The van der Waals surface area contributed by atoms with Gasteiger partial charge in [0.2, 0.25) is 10.0 Å². The van der Waals surface area contributed by atoms with E-state index in [1.54, 1.807) is 18.2 Å². The third-order valence-corrected chi connectivity index (χ3v) is 9.47. The lowest BCUT2D eigenvalue weighted by Gasteiger charge is -2.28. The zero-order valence-corrected chi connectivity index (χ0v) is 25.3. The molecule has 0 radical (unpaired) electrons. The van der Waals surface area contributed by atoms with Crippen molar-refractivity contribution in [3.63, 3.8) is 0 Å². The van der Waals surface area contributed by atoms with E-state index in [1.807, 2.05) is 50.2 Å². The van der Waals surface area contributed by atoms with Crippen LogP contribution in [0.2, 0.25) is 0 Å². The Hall–Kier alpha value is -3.95. The van der Waals surface area contributed by atoms with Gasteiger partial charge in [0, 0.05) is 17.9 Å². The number of anilines is 1. The first-order chi connectivity index (χ1) is 20.5. The van der Waals surface area contributed by atoms with Crippen molar-refractivity contribution in [3.05, 3.63) is 113 Å². The van der Waals surface area contributed by atoms with Crippen LogP contribution < -0.4 is 10.0 Å². The molecule has 1 aliphatic carbocycles. The second-order valence-electron chi connectivity index (χ2n) is 11.7. The minimum absolute atomic E-state index is 0.0426. The molecule has 4 aromatic rings. The van der Waals surface area contributed by atoms with Crippen LogP contribution in [0.1, 0.15) is 65.4 Å². The highest BCUT2D eigenvalue weighted by Gasteiger charge is 2.34. The normalized spacial score (nSPS) is 13.5. The number of sulfonamides is 1. The fourth-order valence-electron chi connectivity index (χ4n) is 5.30. The maximum Gasteiger partial charge on any atom is 0.252 e. The van der Waals surface area contributed by atoms with Gasteiger partial charge < -0.3 is 14.9 Å². The second-order valence-corrected chi connectivity index (χ2v) is 13.6. The molecule has 3 aromatic carbocycles. The van der Waals surface area contributed by atoms with Crippen molar-refractivity contribution in [3.8, 4) is 0 Å². The van der Waals surface area contributed by atoms with Crippen molar-refractivity contribution >= 4 is 32.6 Å². The Morgan fingerprint density at radius 2 is 1.79 bits per heavy atom. The number of carbonyl (C=O) groups is 1. The predicted molar refractivity (Wildman–Crippen MR) is 167 cm³/mol. The monoisotopic (exact) mass is 604 g/mol. The molecule has 1 aliphatic rings. The molecule has 0 aliphatic heterocycles. The lowest BCUT2D eigenvalue weighted by atomic mass is 10.0. The molecule has 0 spiro atoms. The van der Waals surface area contributed by atoms with Gasteiger partial charge in [0.25, 0.3) is 5.91 Å². The van der Waals surface area contributed by atoms with Gasteiger partial charge in [-0.15, -0.1) is 0 Å². The lowest BCUT2D eigenvalue weighted by Crippen LogP contribution is -2.37. The van der Waals surface area contributed by atoms with Gasteiger partial charge in [-0.2, -0.15) is 0 Å². The van der Waals surface area contributed by atoms with Gasteiger partial charge >= 0.3 is 0 Å². The summed E-state index contributed by atoms with van der Waals surface area (Å²) in [5.41, 5.74) is 10.2. The summed E-state index contributed by atoms with van der Waals surface area (Å²) in [6, 6.07) is 19.2. The molecule has 0 bridgehead atoms. The molecule has 7 nitrogen and oxygen atoms in total. The van der Waals surface area contributed by atoms with E-state index in [4.69, 9.17) is 14.9 Å². The van der Waals surface area contributed by atoms with E-state index in [0.717, 1.165) is 29.5 Å². The molecular weight excluding hydrogens is 567 g/mol. The molecule has 1 amide bonds. The summed E-state index contributed by atoms with van der Waals surface area (Å²) in [5.74, 6) is -0.655. The highest BCUT2D eigenvalue weighted by atomic mass is 32.2. The van der Waals surface area contributed by atoms with Gasteiger partial charge in [0.05, 0.1) is 36.8 Å². The third kappa shape index (κ3) is 7.35. The van der Waals surface area contributed by atoms with Crippen molar-refractivity contribution < 1.29 is 26.8 Å². The number of fused-ring (bicyclic) bond motifs is 1. The zero-order valence-electron chi connectivity index (χ0n) is 24.5. The van der Waals surface area contributed by atoms with E-state index in [0.29, 0.717) is 34.6 Å². The Balaban J connectivity index is 1.52. The summed E-state index contributed by atoms with van der Waals surface area (Å²) >= 11 is 0. The number of rotatable bonds is 14. The lowest BCUT2D eigenvalue weighted by molar-refractivity contribution is 0.1000. The van der Waals surface area contributed by atoms with Crippen LogP contribution in [-0.2, 0) is 27.8 Å². The van der Waals surface area contributed by atoms with E-state index in [1.165, 1.54) is 16.4 Å². The first kappa shape index (κ1) is 30.5. The standard InChI is InChI=1S/C34H37FN2O5S/c1-22(2)21-43(39,40)37(18-23(3)19-41-20-25-7-5-4-6-8-25)30-17-31-29(16-28(30)26-11-12-26)33(34(36)38)32(42-31)15-24-9-13-27(35)14-10-24/h4-10,13-14,16-17,22,26H,3,11-12,15,18-21H2,1-2H3,(H2,36,38).